The van der Waals surface area contributed by atoms with Crippen LogP contribution in [0.15, 0.2) is 0 Å². The minimum atomic E-state index is 0.517. The largest absolute Gasteiger partial charge is 0.303 e. The van der Waals surface area contributed by atoms with Crippen molar-refractivity contribution in [3.05, 3.63) is 0 Å². The third kappa shape index (κ3) is 0.628. The molecule has 13 heavy (non-hydrogen) atoms. The van der Waals surface area contributed by atoms with Crippen molar-refractivity contribution in [3.63, 3.8) is 0 Å². The number of hydrogen-bond donors (Lipinski definition) is 0. The van der Waals surface area contributed by atoms with E-state index in [1.165, 1.54) is 12.8 Å². The van der Waals surface area contributed by atoms with Crippen LogP contribution >= 0.6 is 0 Å². The van der Waals surface area contributed by atoms with Crippen LogP contribution in [0.5, 0.6) is 0 Å². The molecule has 0 aromatic rings. The van der Waals surface area contributed by atoms with Gasteiger partial charge in [0.25, 0.3) is 0 Å². The Kier molecular flexibility index (Phi) is 1.24. The van der Waals surface area contributed by atoms with Crippen molar-refractivity contribution in [1.82, 2.24) is 0 Å². The summed E-state index contributed by atoms with van der Waals surface area (Å²) in [6.07, 6.45) is 5.96. The summed E-state index contributed by atoms with van der Waals surface area (Å²) in [5.41, 5.74) is 1.16. The minimum absolute atomic E-state index is 0.517. The summed E-state index contributed by atoms with van der Waals surface area (Å²) in [6.45, 7) is 4.91. The second-order valence-corrected chi connectivity index (χ2v) is 5.79. The Morgan fingerprint density at radius 2 is 1.92 bits per heavy atom. The molecule has 0 N–H and O–H groups in total. The molecule has 4 rings (SSSR count). The monoisotopic (exact) mass is 178 g/mol. The van der Waals surface area contributed by atoms with E-state index in [9.17, 15) is 4.79 Å². The first kappa shape index (κ1) is 8.02. The number of carbonyl (C=O) groups excluding carboxylic acids is 1. The molecule has 0 aromatic carbocycles. The summed E-state index contributed by atoms with van der Waals surface area (Å²) >= 11 is 0. The van der Waals surface area contributed by atoms with Gasteiger partial charge in [-0.25, -0.2) is 0 Å². The van der Waals surface area contributed by atoms with Gasteiger partial charge in [0.1, 0.15) is 6.29 Å². The lowest BCUT2D eigenvalue weighted by molar-refractivity contribution is -0.108. The average molecular weight is 178 g/mol. The van der Waals surface area contributed by atoms with E-state index in [2.05, 4.69) is 13.8 Å². The van der Waals surface area contributed by atoms with Crippen LogP contribution in [-0.4, -0.2) is 6.29 Å². The molecule has 0 radical (unpaired) electrons. The van der Waals surface area contributed by atoms with E-state index in [4.69, 9.17) is 0 Å². The molecule has 0 aromatic heterocycles. The van der Waals surface area contributed by atoms with Crippen LogP contribution in [0.3, 0.4) is 0 Å². The van der Waals surface area contributed by atoms with Gasteiger partial charge in [-0.15, -0.1) is 0 Å². The van der Waals surface area contributed by atoms with Crippen molar-refractivity contribution in [3.8, 4) is 0 Å². The smallest absolute Gasteiger partial charge is 0.120 e. The summed E-state index contributed by atoms with van der Waals surface area (Å²) in [4.78, 5) is 10.4. The SMILES string of the molecule is CC12[C@@H]3CC(C[C@H]31)[C@]2(C)CCC=O. The maximum Gasteiger partial charge on any atom is 0.120 e. The van der Waals surface area contributed by atoms with Gasteiger partial charge < -0.3 is 4.79 Å². The molecule has 4 bridgehead atoms. The molecule has 0 aliphatic heterocycles. The topological polar surface area (TPSA) is 17.1 Å². The molecule has 1 nitrogen and oxygen atoms in total. The summed E-state index contributed by atoms with van der Waals surface area (Å²) in [6, 6.07) is 0. The van der Waals surface area contributed by atoms with Gasteiger partial charge in [-0.05, 0) is 47.8 Å². The molecule has 72 valence electrons. The van der Waals surface area contributed by atoms with Crippen LogP contribution < -0.4 is 0 Å². The van der Waals surface area contributed by atoms with Gasteiger partial charge >= 0.3 is 0 Å². The summed E-state index contributed by atoms with van der Waals surface area (Å²) < 4.78 is 0. The Bertz CT molecular complexity index is 258. The standard InChI is InChI=1S/C12H18O/c1-11(4-3-5-13)8-6-9-10(7-8)12(9,11)2/h5,8-10H,3-4,6-7H2,1-2H3/t8?,9-,10-,11+,12?/m1/s1. The summed E-state index contributed by atoms with van der Waals surface area (Å²) in [5.74, 6) is 3.02. The molecule has 1 heteroatoms. The molecule has 3 atom stereocenters. The fourth-order valence-corrected chi connectivity index (χ4v) is 4.86. The molecule has 0 saturated heterocycles. The van der Waals surface area contributed by atoms with Crippen molar-refractivity contribution < 1.29 is 4.79 Å². The average Bonchev–Trinajstić information content (AvgIpc) is 2.54. The van der Waals surface area contributed by atoms with Crippen LogP contribution in [0.2, 0.25) is 0 Å². The molecule has 4 aliphatic rings. The highest BCUT2D eigenvalue weighted by Gasteiger charge is 2.80. The lowest BCUT2D eigenvalue weighted by Gasteiger charge is -2.33. The van der Waals surface area contributed by atoms with Crippen molar-refractivity contribution in [2.45, 2.75) is 39.5 Å². The molecule has 4 fully saturated rings. The second-order valence-electron chi connectivity index (χ2n) is 5.79. The van der Waals surface area contributed by atoms with Gasteiger partial charge in [-0.3, -0.25) is 0 Å². The third-order valence-corrected chi connectivity index (χ3v) is 5.91. The summed E-state index contributed by atoms with van der Waals surface area (Å²) in [7, 11) is 0. The number of rotatable bonds is 3. The maximum atomic E-state index is 10.4. The first-order chi connectivity index (χ1) is 6.14. The predicted molar refractivity (Wildman–Crippen MR) is 51.2 cm³/mol. The van der Waals surface area contributed by atoms with Crippen molar-refractivity contribution in [1.29, 1.82) is 0 Å². The predicted octanol–water partition coefficient (Wildman–Crippen LogP) is 2.65. The van der Waals surface area contributed by atoms with E-state index >= 15 is 0 Å². The molecule has 0 spiro atoms. The zero-order valence-corrected chi connectivity index (χ0v) is 8.55. The fraction of sp³-hybridized carbons (Fsp3) is 0.917. The van der Waals surface area contributed by atoms with Crippen LogP contribution in [0.1, 0.15) is 39.5 Å². The number of aldehydes is 1. The molecule has 0 amide bonds. The second kappa shape index (κ2) is 2.02. The zero-order chi connectivity index (χ0) is 9.27. The van der Waals surface area contributed by atoms with E-state index in [1.54, 1.807) is 0 Å². The Labute approximate surface area is 79.9 Å². The van der Waals surface area contributed by atoms with Crippen LogP contribution in [0.4, 0.5) is 0 Å². The van der Waals surface area contributed by atoms with E-state index in [0.29, 0.717) is 10.8 Å². The highest BCUT2D eigenvalue weighted by Crippen LogP contribution is 2.86. The molecular formula is C12H18O. The highest BCUT2D eigenvalue weighted by molar-refractivity contribution is 5.49. The van der Waals surface area contributed by atoms with Crippen LogP contribution in [0.25, 0.3) is 0 Å². The molecule has 4 saturated carbocycles. The zero-order valence-electron chi connectivity index (χ0n) is 8.55. The van der Waals surface area contributed by atoms with Crippen molar-refractivity contribution in [2.24, 2.45) is 28.6 Å². The lowest BCUT2D eigenvalue weighted by atomic mass is 9.71. The fourth-order valence-electron chi connectivity index (χ4n) is 4.86. The van der Waals surface area contributed by atoms with Crippen molar-refractivity contribution in [2.75, 3.05) is 0 Å². The quantitative estimate of drug-likeness (QED) is 0.607. The Morgan fingerprint density at radius 1 is 1.31 bits per heavy atom. The highest BCUT2D eigenvalue weighted by atomic mass is 16.1. The Hall–Kier alpha value is -0.330. The Morgan fingerprint density at radius 3 is 2.31 bits per heavy atom. The van der Waals surface area contributed by atoms with E-state index < -0.39 is 0 Å². The van der Waals surface area contributed by atoms with Gasteiger partial charge in [0.05, 0.1) is 0 Å². The van der Waals surface area contributed by atoms with Gasteiger partial charge in [0, 0.05) is 6.42 Å². The van der Waals surface area contributed by atoms with Crippen molar-refractivity contribution >= 4 is 6.29 Å². The van der Waals surface area contributed by atoms with Crippen LogP contribution in [-0.2, 0) is 4.79 Å². The van der Waals surface area contributed by atoms with Gasteiger partial charge in [-0.2, -0.15) is 0 Å². The summed E-state index contributed by atoms with van der Waals surface area (Å²) in [5, 5.41) is 0. The molecule has 4 aliphatic carbocycles. The third-order valence-electron chi connectivity index (χ3n) is 5.91. The van der Waals surface area contributed by atoms with E-state index in [-0.39, 0.29) is 0 Å². The first-order valence-electron chi connectivity index (χ1n) is 5.58. The van der Waals surface area contributed by atoms with Gasteiger partial charge in [0.15, 0.2) is 0 Å². The maximum absolute atomic E-state index is 10.4. The van der Waals surface area contributed by atoms with E-state index in [1.807, 2.05) is 0 Å². The van der Waals surface area contributed by atoms with Gasteiger partial charge in [-0.1, -0.05) is 13.8 Å². The molecule has 0 unspecified atom stereocenters. The molecule has 0 heterocycles. The van der Waals surface area contributed by atoms with Crippen LogP contribution in [0, 0.1) is 28.6 Å². The number of carbonyl (C=O) groups is 1. The number of hydrogen-bond acceptors (Lipinski definition) is 1. The lowest BCUT2D eigenvalue weighted by Crippen LogP contribution is -2.27. The Balaban J connectivity index is 1.88. The normalized spacial score (nSPS) is 61.2. The minimum Gasteiger partial charge on any atom is -0.303 e. The van der Waals surface area contributed by atoms with Gasteiger partial charge in [0.2, 0.25) is 0 Å². The first-order valence-corrected chi connectivity index (χ1v) is 5.58. The molecular weight excluding hydrogens is 160 g/mol. The van der Waals surface area contributed by atoms with E-state index in [0.717, 1.165) is 36.9 Å².